The van der Waals surface area contributed by atoms with E-state index in [0.29, 0.717) is 0 Å². The van der Waals surface area contributed by atoms with Crippen LogP contribution in [-0.2, 0) is 14.8 Å². The van der Waals surface area contributed by atoms with E-state index in [1.54, 1.807) is 0 Å². The molecule has 21 heavy (non-hydrogen) atoms. The highest BCUT2D eigenvalue weighted by Gasteiger charge is 2.35. The number of hydrogen-bond acceptors (Lipinski definition) is 6. The zero-order valence-corrected chi connectivity index (χ0v) is 13.4. The first-order chi connectivity index (χ1) is 9.94. The molecule has 0 atom stereocenters. The molecule has 2 rings (SSSR count). The van der Waals surface area contributed by atoms with Crippen molar-refractivity contribution in [3.63, 3.8) is 0 Å². The second-order valence-electron chi connectivity index (χ2n) is 5.30. The number of ether oxygens (including phenoxy) is 1. The van der Waals surface area contributed by atoms with E-state index >= 15 is 0 Å². The summed E-state index contributed by atoms with van der Waals surface area (Å²) in [7, 11) is -2.58. The molecule has 1 saturated carbocycles. The van der Waals surface area contributed by atoms with Crippen LogP contribution in [0, 0.1) is 5.41 Å². The van der Waals surface area contributed by atoms with Gasteiger partial charge in [-0.15, -0.1) is 11.3 Å². The Balaban J connectivity index is 2.16. The molecule has 118 valence electrons. The van der Waals surface area contributed by atoms with E-state index in [4.69, 9.17) is 0 Å². The van der Waals surface area contributed by atoms with Crippen LogP contribution < -0.4 is 4.72 Å². The Labute approximate surface area is 128 Å². The number of hydrogen-bond donors (Lipinski definition) is 2. The molecule has 0 aliphatic heterocycles. The van der Waals surface area contributed by atoms with Crippen molar-refractivity contribution < 1.29 is 23.1 Å². The molecular weight excluding hydrogens is 314 g/mol. The highest BCUT2D eigenvalue weighted by molar-refractivity contribution is 7.89. The van der Waals surface area contributed by atoms with E-state index in [1.165, 1.54) is 18.6 Å². The van der Waals surface area contributed by atoms with Crippen LogP contribution in [0.2, 0.25) is 0 Å². The molecule has 0 unspecified atom stereocenters. The summed E-state index contributed by atoms with van der Waals surface area (Å²) >= 11 is 1.03. The maximum atomic E-state index is 12.4. The number of carbonyl (C=O) groups is 1. The number of methoxy groups -OCH3 is 1. The fraction of sp³-hybridized carbons (Fsp3) is 0.615. The number of rotatable bonds is 6. The highest BCUT2D eigenvalue weighted by Crippen LogP contribution is 2.37. The number of esters is 1. The van der Waals surface area contributed by atoms with Gasteiger partial charge in [-0.1, -0.05) is 12.8 Å². The van der Waals surface area contributed by atoms with Crippen molar-refractivity contribution in [2.75, 3.05) is 20.3 Å². The number of carbonyl (C=O) groups excluding carboxylic acids is 1. The zero-order valence-electron chi connectivity index (χ0n) is 11.8. The molecule has 0 radical (unpaired) electrons. The molecule has 0 spiro atoms. The van der Waals surface area contributed by atoms with E-state index in [9.17, 15) is 18.3 Å². The fourth-order valence-electron chi connectivity index (χ4n) is 2.59. The first-order valence-electron chi connectivity index (χ1n) is 6.70. The Morgan fingerprint density at radius 1 is 1.48 bits per heavy atom. The summed E-state index contributed by atoms with van der Waals surface area (Å²) < 4.78 is 31.8. The number of aliphatic hydroxyl groups excluding tert-OH is 1. The molecule has 0 saturated heterocycles. The predicted octanol–water partition coefficient (Wildman–Crippen LogP) is 1.37. The molecule has 1 aromatic heterocycles. The van der Waals surface area contributed by atoms with E-state index in [-0.39, 0.29) is 28.3 Å². The van der Waals surface area contributed by atoms with E-state index in [1.807, 2.05) is 0 Å². The third kappa shape index (κ3) is 3.45. The van der Waals surface area contributed by atoms with Crippen LogP contribution in [0.15, 0.2) is 16.3 Å². The quantitative estimate of drug-likeness (QED) is 0.767. The summed E-state index contributed by atoms with van der Waals surface area (Å²) in [5.41, 5.74) is -0.380. The summed E-state index contributed by atoms with van der Waals surface area (Å²) in [4.78, 5) is 11.6. The Morgan fingerprint density at radius 2 is 2.14 bits per heavy atom. The third-order valence-corrected chi connectivity index (χ3v) is 6.39. The van der Waals surface area contributed by atoms with Crippen LogP contribution in [0.1, 0.15) is 35.4 Å². The molecule has 0 bridgehead atoms. The lowest BCUT2D eigenvalue weighted by atomic mass is 9.88. The van der Waals surface area contributed by atoms with Gasteiger partial charge in [0.15, 0.2) is 0 Å². The Kier molecular flexibility index (Phi) is 5.03. The van der Waals surface area contributed by atoms with Crippen molar-refractivity contribution >= 4 is 27.3 Å². The molecule has 1 aliphatic carbocycles. The monoisotopic (exact) mass is 333 g/mol. The van der Waals surface area contributed by atoms with Crippen LogP contribution in [0.25, 0.3) is 0 Å². The second kappa shape index (κ2) is 6.43. The second-order valence-corrected chi connectivity index (χ2v) is 7.95. The predicted molar refractivity (Wildman–Crippen MR) is 78.8 cm³/mol. The summed E-state index contributed by atoms with van der Waals surface area (Å²) in [5.74, 6) is -0.664. The van der Waals surface area contributed by atoms with Crippen LogP contribution in [0.5, 0.6) is 0 Å². The van der Waals surface area contributed by atoms with Gasteiger partial charge in [-0.05, 0) is 24.3 Å². The Bertz CT molecular complexity index is 602. The van der Waals surface area contributed by atoms with Crippen LogP contribution in [-0.4, -0.2) is 39.8 Å². The summed E-state index contributed by atoms with van der Waals surface area (Å²) in [6.07, 6.45) is 3.60. The summed E-state index contributed by atoms with van der Waals surface area (Å²) in [5, 5.41) is 11.1. The van der Waals surface area contributed by atoms with Crippen molar-refractivity contribution in [1.82, 2.24) is 4.72 Å². The molecule has 0 aromatic carbocycles. The van der Waals surface area contributed by atoms with Crippen molar-refractivity contribution in [3.05, 3.63) is 16.3 Å². The lowest BCUT2D eigenvalue weighted by molar-refractivity contribution is 0.0602. The smallest absolute Gasteiger partial charge is 0.349 e. The van der Waals surface area contributed by atoms with E-state index < -0.39 is 16.0 Å². The van der Waals surface area contributed by atoms with E-state index in [0.717, 1.165) is 37.0 Å². The lowest BCUT2D eigenvalue weighted by Gasteiger charge is -2.26. The van der Waals surface area contributed by atoms with Gasteiger partial charge in [-0.25, -0.2) is 17.9 Å². The lowest BCUT2D eigenvalue weighted by Crippen LogP contribution is -2.38. The van der Waals surface area contributed by atoms with Crippen molar-refractivity contribution in [1.29, 1.82) is 0 Å². The van der Waals surface area contributed by atoms with Crippen LogP contribution >= 0.6 is 11.3 Å². The molecule has 6 nitrogen and oxygen atoms in total. The first kappa shape index (κ1) is 16.4. The van der Waals surface area contributed by atoms with Gasteiger partial charge in [0, 0.05) is 18.6 Å². The average molecular weight is 333 g/mol. The normalized spacial score (nSPS) is 17.8. The van der Waals surface area contributed by atoms with Crippen molar-refractivity contribution in [3.8, 4) is 0 Å². The molecule has 0 amide bonds. The van der Waals surface area contributed by atoms with Crippen molar-refractivity contribution in [2.45, 2.75) is 30.6 Å². The van der Waals surface area contributed by atoms with E-state index in [2.05, 4.69) is 9.46 Å². The largest absolute Gasteiger partial charge is 0.465 e. The fourth-order valence-corrected chi connectivity index (χ4v) is 5.08. The number of nitrogens with one attached hydrogen (secondary N) is 1. The minimum atomic E-state index is -3.79. The van der Waals surface area contributed by atoms with Gasteiger partial charge < -0.3 is 9.84 Å². The van der Waals surface area contributed by atoms with Gasteiger partial charge in [-0.2, -0.15) is 0 Å². The van der Waals surface area contributed by atoms with Crippen LogP contribution in [0.4, 0.5) is 0 Å². The van der Waals surface area contributed by atoms with Crippen molar-refractivity contribution in [2.24, 2.45) is 5.41 Å². The number of sulfonamides is 1. The first-order valence-corrected chi connectivity index (χ1v) is 9.07. The van der Waals surface area contributed by atoms with Gasteiger partial charge >= 0.3 is 5.97 Å². The summed E-state index contributed by atoms with van der Waals surface area (Å²) in [6.45, 7) is 0.144. The van der Waals surface area contributed by atoms with Gasteiger partial charge in [-0.3, -0.25) is 0 Å². The topological polar surface area (TPSA) is 92.7 Å². The maximum absolute atomic E-state index is 12.4. The Hall–Kier alpha value is -0.960. The summed E-state index contributed by atoms with van der Waals surface area (Å²) in [6, 6.07) is 1.39. The molecule has 1 heterocycles. The molecule has 2 N–H and O–H groups in total. The standard InChI is InChI=1S/C13H19NO5S2/c1-19-12(16)11-10(4-7-20-11)21(17,18)14-8-13(9-15)5-2-3-6-13/h4,7,14-15H,2-3,5-6,8-9H2,1H3. The highest BCUT2D eigenvalue weighted by atomic mass is 32.2. The molecule has 1 aromatic rings. The van der Waals surface area contributed by atoms with Gasteiger partial charge in [0.1, 0.15) is 9.77 Å². The third-order valence-electron chi connectivity index (χ3n) is 3.93. The minimum absolute atomic E-state index is 0.0387. The van der Waals surface area contributed by atoms with Gasteiger partial charge in [0.25, 0.3) is 0 Å². The number of aliphatic hydroxyl groups is 1. The van der Waals surface area contributed by atoms with Gasteiger partial charge in [0.05, 0.1) is 7.11 Å². The zero-order chi connectivity index (χ0) is 15.5. The molecule has 8 heteroatoms. The average Bonchev–Trinajstić information content (AvgIpc) is 3.14. The maximum Gasteiger partial charge on any atom is 0.349 e. The molecular formula is C13H19NO5S2. The van der Waals surface area contributed by atoms with Crippen LogP contribution in [0.3, 0.4) is 0 Å². The van der Waals surface area contributed by atoms with Gasteiger partial charge in [0.2, 0.25) is 10.0 Å². The number of thiophene rings is 1. The SMILES string of the molecule is COC(=O)c1sccc1S(=O)(=O)NCC1(CO)CCCC1. The molecule has 1 fully saturated rings. The Morgan fingerprint density at radius 3 is 2.71 bits per heavy atom. The molecule has 1 aliphatic rings. The minimum Gasteiger partial charge on any atom is -0.465 e.